The van der Waals surface area contributed by atoms with E-state index >= 15 is 0 Å². The van der Waals surface area contributed by atoms with Crippen molar-refractivity contribution in [2.45, 2.75) is 37.8 Å². The fraction of sp³-hybridized carbons (Fsp3) is 0.692. The van der Waals surface area contributed by atoms with Gasteiger partial charge in [-0.3, -0.25) is 8.98 Å². The van der Waals surface area contributed by atoms with Crippen LogP contribution in [0.15, 0.2) is 11.6 Å². The molecule has 2 aliphatic rings. The van der Waals surface area contributed by atoms with E-state index in [0.717, 1.165) is 17.8 Å². The van der Waals surface area contributed by atoms with Crippen molar-refractivity contribution in [1.29, 1.82) is 0 Å². The third kappa shape index (κ3) is 5.54. The lowest BCUT2D eigenvalue weighted by molar-refractivity contribution is -0.110. The topological polar surface area (TPSA) is 88.6 Å². The van der Waals surface area contributed by atoms with Crippen LogP contribution in [0.4, 0.5) is 5.13 Å². The third-order valence-corrected chi connectivity index (χ3v) is 4.96. The highest BCUT2D eigenvalue weighted by Crippen LogP contribution is 2.24. The molecule has 1 N–H and O–H groups in total. The van der Waals surface area contributed by atoms with E-state index in [1.54, 1.807) is 6.20 Å². The molecule has 1 aliphatic heterocycles. The highest BCUT2D eigenvalue weighted by Gasteiger charge is 2.31. The van der Waals surface area contributed by atoms with Gasteiger partial charge in [-0.15, -0.1) is 11.3 Å². The Bertz CT molecular complexity index is 550. The standard InChI is InChI=1S/C7H10N2O3S2.C6H11NO/c1-14(10,11)12-6-4-9(5-6)7-8-2-3-13-7;8-5-7-6-3-1-2-4-6/h2-3,6H,4-5H2,1H3;5-6H,1-4H2,(H,7,8). The molecule has 3 rings (SSSR count). The maximum atomic E-state index is 10.8. The van der Waals surface area contributed by atoms with Crippen molar-refractivity contribution < 1.29 is 17.4 Å². The van der Waals surface area contributed by atoms with E-state index in [-0.39, 0.29) is 6.10 Å². The second kappa shape index (κ2) is 7.89. The van der Waals surface area contributed by atoms with Crippen LogP contribution in [0.25, 0.3) is 0 Å². The van der Waals surface area contributed by atoms with Crippen LogP contribution in [0.5, 0.6) is 0 Å². The maximum Gasteiger partial charge on any atom is 0.264 e. The average Bonchev–Trinajstić information content (AvgIpc) is 3.06. The molecule has 2 heterocycles. The molecule has 1 saturated carbocycles. The van der Waals surface area contributed by atoms with Crippen molar-refractivity contribution in [1.82, 2.24) is 10.3 Å². The molecular weight excluding hydrogens is 326 g/mol. The number of thiazole rings is 1. The van der Waals surface area contributed by atoms with Crippen molar-refractivity contribution in [3.63, 3.8) is 0 Å². The van der Waals surface area contributed by atoms with Gasteiger partial charge in [0.05, 0.1) is 6.26 Å². The van der Waals surface area contributed by atoms with E-state index in [4.69, 9.17) is 4.18 Å². The van der Waals surface area contributed by atoms with Gasteiger partial charge in [-0.05, 0) is 12.8 Å². The molecule has 9 heteroatoms. The number of aromatic nitrogens is 1. The van der Waals surface area contributed by atoms with Crippen LogP contribution in [0.3, 0.4) is 0 Å². The molecule has 124 valence electrons. The minimum absolute atomic E-state index is 0.214. The van der Waals surface area contributed by atoms with Gasteiger partial charge < -0.3 is 10.2 Å². The lowest BCUT2D eigenvalue weighted by Crippen LogP contribution is -2.52. The summed E-state index contributed by atoms with van der Waals surface area (Å²) in [6.45, 7) is 1.20. The summed E-state index contributed by atoms with van der Waals surface area (Å²) in [6.07, 6.45) is 8.31. The number of anilines is 1. The SMILES string of the molecule is CS(=O)(=O)OC1CN(c2nccs2)C1.O=CNC1CCCC1. The molecule has 2 fully saturated rings. The summed E-state index contributed by atoms with van der Waals surface area (Å²) < 4.78 is 26.4. The minimum atomic E-state index is -3.32. The maximum absolute atomic E-state index is 10.8. The molecule has 1 aromatic heterocycles. The molecule has 0 aromatic carbocycles. The predicted molar refractivity (Wildman–Crippen MR) is 85.5 cm³/mol. The van der Waals surface area contributed by atoms with E-state index in [1.165, 1.54) is 37.0 Å². The normalized spacial score (nSPS) is 19.2. The molecule has 1 aliphatic carbocycles. The van der Waals surface area contributed by atoms with E-state index in [1.807, 2.05) is 10.3 Å². The van der Waals surface area contributed by atoms with Gasteiger partial charge in [0.25, 0.3) is 10.1 Å². The van der Waals surface area contributed by atoms with Gasteiger partial charge in [0.2, 0.25) is 6.41 Å². The van der Waals surface area contributed by atoms with Crippen LogP contribution in [-0.4, -0.2) is 51.3 Å². The van der Waals surface area contributed by atoms with Crippen LogP contribution in [0.2, 0.25) is 0 Å². The number of carbonyl (C=O) groups is 1. The summed E-state index contributed by atoms with van der Waals surface area (Å²) in [6, 6.07) is 0.493. The van der Waals surface area contributed by atoms with E-state index < -0.39 is 10.1 Å². The van der Waals surface area contributed by atoms with Crippen molar-refractivity contribution in [3.8, 4) is 0 Å². The number of rotatable bonds is 5. The summed E-state index contributed by atoms with van der Waals surface area (Å²) in [5, 5.41) is 5.57. The van der Waals surface area contributed by atoms with E-state index in [0.29, 0.717) is 19.1 Å². The lowest BCUT2D eigenvalue weighted by Gasteiger charge is -2.37. The first kappa shape index (κ1) is 17.2. The lowest BCUT2D eigenvalue weighted by atomic mass is 10.2. The second-order valence-corrected chi connectivity index (χ2v) is 7.88. The summed E-state index contributed by atoms with van der Waals surface area (Å²) in [4.78, 5) is 15.9. The summed E-state index contributed by atoms with van der Waals surface area (Å²) in [5.41, 5.74) is 0. The van der Waals surface area contributed by atoms with Crippen molar-refractivity contribution in [3.05, 3.63) is 11.6 Å². The smallest absolute Gasteiger partial charge is 0.264 e. The fourth-order valence-corrected chi connectivity index (χ4v) is 3.74. The van der Waals surface area contributed by atoms with Gasteiger partial charge in [0.15, 0.2) is 5.13 Å². The summed E-state index contributed by atoms with van der Waals surface area (Å²) >= 11 is 1.54. The first-order valence-corrected chi connectivity index (χ1v) is 9.90. The summed E-state index contributed by atoms with van der Waals surface area (Å²) in [7, 11) is -3.32. The molecule has 1 aromatic rings. The number of hydrogen-bond donors (Lipinski definition) is 1. The van der Waals surface area contributed by atoms with Gasteiger partial charge in [0.1, 0.15) is 6.10 Å². The van der Waals surface area contributed by atoms with E-state index in [2.05, 4.69) is 10.3 Å². The minimum Gasteiger partial charge on any atom is -0.356 e. The third-order valence-electron chi connectivity index (χ3n) is 3.51. The number of carbonyl (C=O) groups excluding carboxylic acids is 1. The molecule has 22 heavy (non-hydrogen) atoms. The first-order valence-electron chi connectivity index (χ1n) is 7.20. The second-order valence-electron chi connectivity index (χ2n) is 5.41. The Kier molecular flexibility index (Phi) is 6.16. The molecule has 1 amide bonds. The Hall–Kier alpha value is -1.19. The zero-order valence-corrected chi connectivity index (χ0v) is 14.1. The highest BCUT2D eigenvalue weighted by atomic mass is 32.2. The van der Waals surface area contributed by atoms with Crippen LogP contribution in [0, 0.1) is 0 Å². The molecule has 7 nitrogen and oxygen atoms in total. The average molecular weight is 347 g/mol. The number of amides is 1. The molecule has 1 saturated heterocycles. The van der Waals surface area contributed by atoms with Gasteiger partial charge >= 0.3 is 0 Å². The van der Waals surface area contributed by atoms with Gasteiger partial charge in [-0.2, -0.15) is 8.42 Å². The molecule has 0 radical (unpaired) electrons. The Labute approximate surface area is 134 Å². The molecular formula is C13H21N3O4S2. The summed E-state index contributed by atoms with van der Waals surface area (Å²) in [5.74, 6) is 0. The van der Waals surface area contributed by atoms with Crippen LogP contribution in [-0.2, 0) is 19.1 Å². The molecule has 0 unspecified atom stereocenters. The monoisotopic (exact) mass is 347 g/mol. The van der Waals surface area contributed by atoms with Gasteiger partial charge in [0, 0.05) is 30.7 Å². The van der Waals surface area contributed by atoms with Crippen molar-refractivity contribution in [2.75, 3.05) is 24.2 Å². The first-order chi connectivity index (χ1) is 10.5. The highest BCUT2D eigenvalue weighted by molar-refractivity contribution is 7.86. The number of nitrogens with zero attached hydrogens (tertiary/aromatic N) is 2. The number of nitrogens with one attached hydrogen (secondary N) is 1. The van der Waals surface area contributed by atoms with Crippen LogP contribution < -0.4 is 10.2 Å². The van der Waals surface area contributed by atoms with Crippen LogP contribution >= 0.6 is 11.3 Å². The number of hydrogen-bond acceptors (Lipinski definition) is 7. The molecule has 0 spiro atoms. The van der Waals surface area contributed by atoms with Crippen molar-refractivity contribution >= 4 is 33.0 Å². The largest absolute Gasteiger partial charge is 0.356 e. The quantitative estimate of drug-likeness (QED) is 0.631. The molecule has 0 atom stereocenters. The Morgan fingerprint density at radius 1 is 1.41 bits per heavy atom. The Morgan fingerprint density at radius 3 is 2.59 bits per heavy atom. The van der Waals surface area contributed by atoms with Crippen LogP contribution in [0.1, 0.15) is 25.7 Å². The van der Waals surface area contributed by atoms with Gasteiger partial charge in [-0.1, -0.05) is 12.8 Å². The zero-order valence-electron chi connectivity index (χ0n) is 12.5. The van der Waals surface area contributed by atoms with Gasteiger partial charge in [-0.25, -0.2) is 4.98 Å². The zero-order chi connectivity index (χ0) is 16.0. The fourth-order valence-electron chi connectivity index (χ4n) is 2.46. The van der Waals surface area contributed by atoms with E-state index in [9.17, 15) is 13.2 Å². The Balaban J connectivity index is 0.000000188. The predicted octanol–water partition coefficient (Wildman–Crippen LogP) is 0.983. The van der Waals surface area contributed by atoms with Crippen molar-refractivity contribution in [2.24, 2.45) is 0 Å². The Morgan fingerprint density at radius 2 is 2.09 bits per heavy atom. The molecule has 0 bridgehead atoms.